The minimum atomic E-state index is 0.0844. The first kappa shape index (κ1) is 35.4. The van der Waals surface area contributed by atoms with E-state index in [0.29, 0.717) is 0 Å². The molecule has 0 atom stereocenters. The molecule has 0 bridgehead atoms. The van der Waals surface area contributed by atoms with Gasteiger partial charge in [-0.3, -0.25) is 0 Å². The smallest absolute Gasteiger partial charge is 0.143 e. The molecule has 3 nitrogen and oxygen atoms in total. The number of rotatable bonds is 4. The van der Waals surface area contributed by atoms with Crippen molar-refractivity contribution in [3.8, 4) is 11.1 Å². The highest BCUT2D eigenvalue weighted by Gasteiger charge is 2.21. The lowest BCUT2D eigenvalue weighted by molar-refractivity contribution is 0.590. The van der Waals surface area contributed by atoms with E-state index in [4.69, 9.17) is 8.83 Å². The summed E-state index contributed by atoms with van der Waals surface area (Å²) in [7, 11) is 0. The second-order valence-electron chi connectivity index (χ2n) is 17.7. The number of para-hydroxylation sites is 2. The van der Waals surface area contributed by atoms with E-state index in [9.17, 15) is 0 Å². The molecule has 0 spiro atoms. The van der Waals surface area contributed by atoms with Crippen molar-refractivity contribution in [1.29, 1.82) is 0 Å². The molecule has 4 heteroatoms. The number of benzene rings is 10. The maximum atomic E-state index is 6.74. The van der Waals surface area contributed by atoms with Crippen LogP contribution >= 0.6 is 11.3 Å². The van der Waals surface area contributed by atoms with Crippen LogP contribution in [0, 0.1) is 0 Å². The van der Waals surface area contributed by atoms with Crippen LogP contribution < -0.4 is 4.90 Å². The lowest BCUT2D eigenvalue weighted by Crippen LogP contribution is -2.10. The van der Waals surface area contributed by atoms with E-state index < -0.39 is 0 Å². The number of furan rings is 2. The Bertz CT molecular complexity index is 3970. The molecule has 13 rings (SSSR count). The van der Waals surface area contributed by atoms with Crippen LogP contribution in [0.1, 0.15) is 26.3 Å². The minimum Gasteiger partial charge on any atom is -0.456 e. The molecule has 0 fully saturated rings. The van der Waals surface area contributed by atoms with E-state index in [0.717, 1.165) is 72.1 Å². The van der Waals surface area contributed by atoms with E-state index in [1.165, 1.54) is 58.1 Å². The zero-order valence-corrected chi connectivity index (χ0v) is 35.3. The van der Waals surface area contributed by atoms with Gasteiger partial charge in [-0.25, -0.2) is 0 Å². The Hall–Kier alpha value is -7.40. The second-order valence-corrected chi connectivity index (χ2v) is 18.8. The fraction of sp³-hybridized carbons (Fsp3) is 0.0690. The van der Waals surface area contributed by atoms with Gasteiger partial charge in [-0.2, -0.15) is 0 Å². The summed E-state index contributed by atoms with van der Waals surface area (Å²) in [5.74, 6) is 0. The summed E-state index contributed by atoms with van der Waals surface area (Å²) in [5, 5.41) is 14.6. The van der Waals surface area contributed by atoms with Gasteiger partial charge >= 0.3 is 0 Å². The Kier molecular flexibility index (Phi) is 7.44. The highest BCUT2D eigenvalue weighted by Crippen LogP contribution is 2.46. The van der Waals surface area contributed by atoms with Crippen molar-refractivity contribution in [2.45, 2.75) is 26.2 Å². The Labute approximate surface area is 361 Å². The summed E-state index contributed by atoms with van der Waals surface area (Å²) in [6.45, 7) is 6.76. The number of thiophene rings is 1. The summed E-state index contributed by atoms with van der Waals surface area (Å²) in [5.41, 5.74) is 10.4. The Morgan fingerprint density at radius 3 is 1.56 bits per heavy atom. The maximum Gasteiger partial charge on any atom is 0.143 e. The fourth-order valence-corrected chi connectivity index (χ4v) is 11.0. The fourth-order valence-electron chi connectivity index (χ4n) is 9.90. The SMILES string of the molecule is CC(C)(C)c1ccc(-c2cccc3c2oc2ccc(N(c4ccc5oc6ccccc6c5c4)c4ccc5sc6cc7c8ccccc8c8ccccc8c7cc6c5c4)cc23)cc1. The van der Waals surface area contributed by atoms with Crippen LogP contribution in [0.4, 0.5) is 17.1 Å². The first-order valence-corrected chi connectivity index (χ1v) is 22.1. The zero-order valence-electron chi connectivity index (χ0n) is 34.5. The van der Waals surface area contributed by atoms with Crippen molar-refractivity contribution in [2.75, 3.05) is 4.90 Å². The molecule has 3 heterocycles. The second kappa shape index (κ2) is 13.1. The van der Waals surface area contributed by atoms with Crippen LogP contribution in [0.5, 0.6) is 0 Å². The number of nitrogens with zero attached hydrogens (tertiary/aromatic N) is 1. The normalized spacial score (nSPS) is 12.4. The third-order valence-corrected chi connectivity index (χ3v) is 14.1. The third kappa shape index (κ3) is 5.30. The molecule has 294 valence electrons. The molecule has 0 aliphatic carbocycles. The lowest BCUT2D eigenvalue weighted by Gasteiger charge is -2.26. The first-order chi connectivity index (χ1) is 30.3. The zero-order chi connectivity index (χ0) is 41.3. The van der Waals surface area contributed by atoms with Gasteiger partial charge in [-0.1, -0.05) is 130 Å². The number of anilines is 3. The average Bonchev–Trinajstić information content (AvgIpc) is 3.99. The number of fused-ring (bicyclic) bond motifs is 15. The van der Waals surface area contributed by atoms with E-state index in [2.05, 4.69) is 196 Å². The van der Waals surface area contributed by atoms with Gasteiger partial charge in [-0.15, -0.1) is 11.3 Å². The molecular weight excluding hydrogens is 775 g/mol. The molecule has 0 saturated heterocycles. The van der Waals surface area contributed by atoms with Crippen LogP contribution in [-0.2, 0) is 5.41 Å². The largest absolute Gasteiger partial charge is 0.456 e. The molecule has 0 amide bonds. The van der Waals surface area contributed by atoms with Crippen LogP contribution in [0.3, 0.4) is 0 Å². The molecule has 0 N–H and O–H groups in total. The molecule has 0 unspecified atom stereocenters. The maximum absolute atomic E-state index is 6.74. The predicted octanol–water partition coefficient (Wildman–Crippen LogP) is 17.7. The van der Waals surface area contributed by atoms with Gasteiger partial charge in [0.1, 0.15) is 22.3 Å². The summed E-state index contributed by atoms with van der Waals surface area (Å²) in [6.07, 6.45) is 0. The Morgan fingerprint density at radius 1 is 0.371 bits per heavy atom. The van der Waals surface area contributed by atoms with Crippen molar-refractivity contribution >= 4 is 125 Å². The van der Waals surface area contributed by atoms with Gasteiger partial charge < -0.3 is 13.7 Å². The van der Waals surface area contributed by atoms with Gasteiger partial charge in [0.15, 0.2) is 0 Å². The van der Waals surface area contributed by atoms with Crippen molar-refractivity contribution in [1.82, 2.24) is 0 Å². The Morgan fingerprint density at radius 2 is 0.887 bits per heavy atom. The van der Waals surface area contributed by atoms with Crippen LogP contribution in [-0.4, -0.2) is 0 Å². The quantitative estimate of drug-likeness (QED) is 0.166. The van der Waals surface area contributed by atoms with E-state index in [-0.39, 0.29) is 5.41 Å². The van der Waals surface area contributed by atoms with Crippen LogP contribution in [0.25, 0.3) is 107 Å². The predicted molar refractivity (Wildman–Crippen MR) is 265 cm³/mol. The highest BCUT2D eigenvalue weighted by atomic mass is 32.1. The molecule has 0 radical (unpaired) electrons. The minimum absolute atomic E-state index is 0.0844. The number of hydrogen-bond acceptors (Lipinski definition) is 4. The van der Waals surface area contributed by atoms with Gasteiger partial charge in [0.25, 0.3) is 0 Å². The van der Waals surface area contributed by atoms with Gasteiger partial charge in [0, 0.05) is 64.3 Å². The standard InChI is InChI=1S/C58H39NO2S/c1-58(2,3)35-21-19-34(20-22-35)39-16-10-17-45-49-30-37(24-27-54(49)61-57(39)45)59(36-23-26-53-48(29-36)44-15-8-9-18-52(44)60-53)38-25-28-55-50(31-38)51-32-46-42-13-6-4-11-40(42)41-12-5-7-14-43(41)47(46)33-56(51)62-55/h4-33H,1-3H3. The molecule has 3 aromatic heterocycles. The summed E-state index contributed by atoms with van der Waals surface area (Å²) in [4.78, 5) is 2.39. The van der Waals surface area contributed by atoms with Gasteiger partial charge in [0.05, 0.1) is 0 Å². The van der Waals surface area contributed by atoms with Crippen molar-refractivity contribution in [3.05, 3.63) is 188 Å². The van der Waals surface area contributed by atoms with Crippen molar-refractivity contribution < 1.29 is 8.83 Å². The molecular formula is C58H39NO2S. The van der Waals surface area contributed by atoms with E-state index >= 15 is 0 Å². The van der Waals surface area contributed by atoms with E-state index in [1.54, 1.807) is 0 Å². The highest BCUT2D eigenvalue weighted by molar-refractivity contribution is 7.25. The summed E-state index contributed by atoms with van der Waals surface area (Å²) < 4.78 is 15.6. The average molecular weight is 814 g/mol. The topological polar surface area (TPSA) is 29.5 Å². The molecule has 62 heavy (non-hydrogen) atoms. The van der Waals surface area contributed by atoms with Crippen LogP contribution in [0.2, 0.25) is 0 Å². The molecule has 0 saturated carbocycles. The monoisotopic (exact) mass is 813 g/mol. The summed E-state index contributed by atoms with van der Waals surface area (Å²) in [6, 6.07) is 66.4. The summed E-state index contributed by atoms with van der Waals surface area (Å²) >= 11 is 1.87. The number of hydrogen-bond donors (Lipinski definition) is 0. The third-order valence-electron chi connectivity index (χ3n) is 13.0. The molecule has 0 aliphatic heterocycles. The first-order valence-electron chi connectivity index (χ1n) is 21.3. The lowest BCUT2D eigenvalue weighted by atomic mass is 9.86. The molecule has 10 aromatic carbocycles. The van der Waals surface area contributed by atoms with Crippen molar-refractivity contribution in [2.24, 2.45) is 0 Å². The Balaban J connectivity index is 1.03. The molecule has 0 aliphatic rings. The van der Waals surface area contributed by atoms with E-state index in [1.807, 2.05) is 23.5 Å². The van der Waals surface area contributed by atoms with Crippen molar-refractivity contribution in [3.63, 3.8) is 0 Å². The van der Waals surface area contributed by atoms with Gasteiger partial charge in [0.2, 0.25) is 0 Å². The van der Waals surface area contributed by atoms with Crippen LogP contribution in [0.15, 0.2) is 191 Å². The molecule has 13 aromatic rings. The van der Waals surface area contributed by atoms with Gasteiger partial charge in [-0.05, 0) is 122 Å².